The van der Waals surface area contributed by atoms with E-state index >= 15 is 0 Å². The van der Waals surface area contributed by atoms with Crippen molar-refractivity contribution in [1.29, 1.82) is 0 Å². The summed E-state index contributed by atoms with van der Waals surface area (Å²) in [7, 11) is -2.32. The number of halogens is 2. The number of aryl methyl sites for hydroxylation is 1. The van der Waals surface area contributed by atoms with Crippen molar-refractivity contribution in [3.05, 3.63) is 87.7 Å². The Morgan fingerprint density at radius 3 is 2.37 bits per heavy atom. The summed E-state index contributed by atoms with van der Waals surface area (Å²) >= 11 is 12.4. The Kier molecular flexibility index (Phi) is 7.78. The largest absolute Gasteiger partial charge is 0.371 e. The maximum Gasteiger partial charge on any atom is 0.253 e. The van der Waals surface area contributed by atoms with Gasteiger partial charge in [0.15, 0.2) is 0 Å². The van der Waals surface area contributed by atoms with Crippen molar-refractivity contribution < 1.29 is 13.2 Å². The van der Waals surface area contributed by atoms with Crippen molar-refractivity contribution in [2.45, 2.75) is 49.5 Å². The SMILES string of the molecule is CN(C1CCc2ccc(C(=O)N3CCC4(CC3)CCN(c3ccncc3)CC4)cc21)S(=O)(=O)c1cccc(Cl)c1Cl. The van der Waals surface area contributed by atoms with Crippen LogP contribution < -0.4 is 4.90 Å². The van der Waals surface area contributed by atoms with Crippen LogP contribution in [-0.2, 0) is 16.4 Å². The van der Waals surface area contributed by atoms with Crippen LogP contribution in [0.2, 0.25) is 10.0 Å². The molecule has 2 aliphatic heterocycles. The van der Waals surface area contributed by atoms with E-state index in [-0.39, 0.29) is 26.9 Å². The molecule has 2 fully saturated rings. The van der Waals surface area contributed by atoms with Gasteiger partial charge >= 0.3 is 0 Å². The predicted octanol–water partition coefficient (Wildman–Crippen LogP) is 6.22. The number of rotatable bonds is 5. The molecule has 1 amide bonds. The molecule has 216 valence electrons. The first-order valence-corrected chi connectivity index (χ1v) is 16.4. The lowest BCUT2D eigenvalue weighted by atomic mass is 9.71. The molecule has 3 heterocycles. The zero-order chi connectivity index (χ0) is 28.8. The quantitative estimate of drug-likeness (QED) is 0.342. The van der Waals surface area contributed by atoms with Gasteiger partial charge in [-0.3, -0.25) is 9.78 Å². The second kappa shape index (κ2) is 11.2. The summed E-state index contributed by atoms with van der Waals surface area (Å²) in [6.07, 6.45) is 9.37. The topological polar surface area (TPSA) is 73.8 Å². The Balaban J connectivity index is 1.13. The normalized spacial score (nSPS) is 20.4. The molecule has 41 heavy (non-hydrogen) atoms. The molecule has 1 spiro atoms. The van der Waals surface area contributed by atoms with E-state index in [0.717, 1.165) is 69.4 Å². The molecule has 3 aromatic rings. The van der Waals surface area contributed by atoms with Gasteiger partial charge in [0.1, 0.15) is 4.90 Å². The number of amides is 1. The molecule has 0 bridgehead atoms. The van der Waals surface area contributed by atoms with Gasteiger partial charge in [0.05, 0.1) is 16.1 Å². The summed E-state index contributed by atoms with van der Waals surface area (Å²) in [5.41, 5.74) is 4.10. The fourth-order valence-corrected chi connectivity index (χ4v) is 8.86. The van der Waals surface area contributed by atoms with Crippen LogP contribution >= 0.6 is 23.2 Å². The number of nitrogens with zero attached hydrogens (tertiary/aromatic N) is 4. The van der Waals surface area contributed by atoms with Crippen LogP contribution in [0, 0.1) is 5.41 Å². The zero-order valence-corrected chi connectivity index (χ0v) is 25.4. The summed E-state index contributed by atoms with van der Waals surface area (Å²) in [4.78, 5) is 22.2. The number of anilines is 1. The molecule has 2 aromatic carbocycles. The number of carbonyl (C=O) groups is 1. The van der Waals surface area contributed by atoms with E-state index in [0.29, 0.717) is 17.4 Å². The number of aromatic nitrogens is 1. The van der Waals surface area contributed by atoms with Crippen LogP contribution in [0.5, 0.6) is 0 Å². The lowest BCUT2D eigenvalue weighted by Crippen LogP contribution is -2.48. The van der Waals surface area contributed by atoms with E-state index in [1.807, 2.05) is 35.5 Å². The number of hydrogen-bond acceptors (Lipinski definition) is 5. The summed E-state index contributed by atoms with van der Waals surface area (Å²) in [5, 5.41) is 0.220. The number of carbonyl (C=O) groups excluding carboxylic acids is 1. The minimum atomic E-state index is -3.89. The van der Waals surface area contributed by atoms with E-state index in [1.54, 1.807) is 19.2 Å². The maximum absolute atomic E-state index is 13.6. The van der Waals surface area contributed by atoms with Crippen molar-refractivity contribution in [3.8, 4) is 0 Å². The van der Waals surface area contributed by atoms with Gasteiger partial charge < -0.3 is 9.80 Å². The molecule has 1 aliphatic carbocycles. The van der Waals surface area contributed by atoms with Gasteiger partial charge in [-0.25, -0.2) is 8.42 Å². The maximum atomic E-state index is 13.6. The third kappa shape index (κ3) is 5.36. The number of sulfonamides is 1. The van der Waals surface area contributed by atoms with Crippen LogP contribution in [-0.4, -0.2) is 61.7 Å². The van der Waals surface area contributed by atoms with E-state index in [1.165, 1.54) is 16.1 Å². The van der Waals surface area contributed by atoms with Crippen molar-refractivity contribution in [3.63, 3.8) is 0 Å². The highest BCUT2D eigenvalue weighted by Crippen LogP contribution is 2.43. The molecule has 2 saturated heterocycles. The minimum absolute atomic E-state index is 0.0105. The number of pyridine rings is 1. The van der Waals surface area contributed by atoms with Crippen molar-refractivity contribution in [1.82, 2.24) is 14.2 Å². The van der Waals surface area contributed by atoms with E-state index in [4.69, 9.17) is 23.2 Å². The Morgan fingerprint density at radius 2 is 1.66 bits per heavy atom. The van der Waals surface area contributed by atoms with Gasteiger partial charge in [0, 0.05) is 56.9 Å². The van der Waals surface area contributed by atoms with Crippen LogP contribution in [0.15, 0.2) is 65.8 Å². The second-order valence-corrected chi connectivity index (χ2v) is 14.3. The highest BCUT2D eigenvalue weighted by molar-refractivity contribution is 7.89. The Labute approximate surface area is 252 Å². The standard InChI is InChI=1S/C31H34Cl2N4O3S/c1-35(41(39,40)28-4-2-3-26(32)29(28)33)27-8-7-22-5-6-23(21-25(22)27)30(38)37-19-13-31(14-20-37)11-17-36(18-12-31)24-9-15-34-16-10-24/h2-6,9-10,15-16,21,27H,7-8,11-14,17-20H2,1H3. The molecule has 1 atom stereocenters. The fraction of sp³-hybridized carbons (Fsp3) is 0.419. The van der Waals surface area contributed by atoms with Crippen LogP contribution in [0.25, 0.3) is 0 Å². The second-order valence-electron chi connectivity index (χ2n) is 11.5. The van der Waals surface area contributed by atoms with Crippen LogP contribution in [0.3, 0.4) is 0 Å². The molecular weight excluding hydrogens is 579 g/mol. The Bertz CT molecular complexity index is 1550. The molecule has 3 aliphatic rings. The third-order valence-corrected chi connectivity index (χ3v) is 12.3. The lowest BCUT2D eigenvalue weighted by molar-refractivity contribution is 0.0515. The molecule has 10 heteroatoms. The molecular formula is C31H34Cl2N4O3S. The first-order chi connectivity index (χ1) is 19.7. The van der Waals surface area contributed by atoms with E-state index in [2.05, 4.69) is 22.0 Å². The van der Waals surface area contributed by atoms with Crippen LogP contribution in [0.4, 0.5) is 5.69 Å². The van der Waals surface area contributed by atoms with Gasteiger partial charge in [-0.2, -0.15) is 4.31 Å². The Morgan fingerprint density at radius 1 is 0.976 bits per heavy atom. The predicted molar refractivity (Wildman–Crippen MR) is 162 cm³/mol. The van der Waals surface area contributed by atoms with Gasteiger partial charge in [-0.1, -0.05) is 35.3 Å². The summed E-state index contributed by atoms with van der Waals surface area (Å²) in [6, 6.07) is 14.2. The molecule has 1 unspecified atom stereocenters. The summed E-state index contributed by atoms with van der Waals surface area (Å²) in [6.45, 7) is 3.55. The van der Waals surface area contributed by atoms with Crippen molar-refractivity contribution >= 4 is 44.8 Å². The number of likely N-dealkylation sites (tertiary alicyclic amines) is 1. The molecule has 1 aromatic heterocycles. The number of hydrogen-bond donors (Lipinski definition) is 0. The molecule has 0 N–H and O–H groups in total. The highest BCUT2D eigenvalue weighted by atomic mass is 35.5. The summed E-state index contributed by atoms with van der Waals surface area (Å²) in [5.74, 6) is 0.0194. The van der Waals surface area contributed by atoms with E-state index in [9.17, 15) is 13.2 Å². The molecule has 0 radical (unpaired) electrons. The average Bonchev–Trinajstić information content (AvgIpc) is 3.42. The van der Waals surface area contributed by atoms with Gasteiger partial charge in [0.25, 0.3) is 5.91 Å². The average molecular weight is 614 g/mol. The van der Waals surface area contributed by atoms with Crippen molar-refractivity contribution in [2.24, 2.45) is 5.41 Å². The molecule has 6 rings (SSSR count). The highest BCUT2D eigenvalue weighted by Gasteiger charge is 2.39. The zero-order valence-electron chi connectivity index (χ0n) is 23.1. The van der Waals surface area contributed by atoms with Crippen LogP contribution in [0.1, 0.15) is 59.6 Å². The molecule has 0 saturated carbocycles. The number of benzene rings is 2. The lowest BCUT2D eigenvalue weighted by Gasteiger charge is -2.47. The molecule has 7 nitrogen and oxygen atoms in total. The number of fused-ring (bicyclic) bond motifs is 1. The van der Waals surface area contributed by atoms with Gasteiger partial charge in [-0.15, -0.1) is 0 Å². The van der Waals surface area contributed by atoms with Crippen molar-refractivity contribution in [2.75, 3.05) is 38.1 Å². The first kappa shape index (κ1) is 28.5. The monoisotopic (exact) mass is 612 g/mol. The summed E-state index contributed by atoms with van der Waals surface area (Å²) < 4.78 is 28.4. The Hall–Kier alpha value is -2.65. The van der Waals surface area contributed by atoms with Gasteiger partial charge in [0.2, 0.25) is 10.0 Å². The number of piperidine rings is 2. The first-order valence-electron chi connectivity index (χ1n) is 14.2. The van der Waals surface area contributed by atoms with E-state index < -0.39 is 10.0 Å². The minimum Gasteiger partial charge on any atom is -0.371 e. The van der Waals surface area contributed by atoms with Gasteiger partial charge in [-0.05, 0) is 91.5 Å². The fourth-order valence-electron chi connectivity index (χ4n) is 6.76. The third-order valence-electron chi connectivity index (χ3n) is 9.41. The smallest absolute Gasteiger partial charge is 0.253 e.